The largest absolute Gasteiger partial charge is 0.372 e. The molecular weight excluding hydrogens is 346 g/mol. The van der Waals surface area contributed by atoms with Crippen LogP contribution in [-0.2, 0) is 4.79 Å². The van der Waals surface area contributed by atoms with Gasteiger partial charge in [-0.15, -0.1) is 11.3 Å². The van der Waals surface area contributed by atoms with Gasteiger partial charge in [-0.1, -0.05) is 0 Å². The number of nitrogens with zero attached hydrogens (tertiary/aromatic N) is 3. The van der Waals surface area contributed by atoms with Crippen LogP contribution >= 0.6 is 11.3 Å². The van der Waals surface area contributed by atoms with Crippen molar-refractivity contribution in [1.29, 1.82) is 0 Å². The smallest absolute Gasteiger partial charge is 0.225 e. The van der Waals surface area contributed by atoms with E-state index in [1.807, 2.05) is 29.6 Å². The Balaban J connectivity index is 1.64. The number of thiazole rings is 1. The van der Waals surface area contributed by atoms with E-state index in [-0.39, 0.29) is 11.7 Å². The van der Waals surface area contributed by atoms with E-state index in [4.69, 9.17) is 0 Å². The molecule has 1 fully saturated rings. The van der Waals surface area contributed by atoms with Gasteiger partial charge in [0.1, 0.15) is 0 Å². The van der Waals surface area contributed by atoms with Gasteiger partial charge in [-0.25, -0.2) is 4.98 Å². The summed E-state index contributed by atoms with van der Waals surface area (Å²) in [4.78, 5) is 31.9. The minimum atomic E-state index is -0.0697. The standard InChI is InChI=1S/C20H23N3O2S/c1-15(24)22(2)20-21-17(14-26-20)8-11-19(25)16-6-9-18(10-7-16)23-12-4-3-5-13-23/h6-11,14H,3-5,12-13H2,1-2H3. The Labute approximate surface area is 158 Å². The maximum Gasteiger partial charge on any atom is 0.225 e. The van der Waals surface area contributed by atoms with Crippen LogP contribution < -0.4 is 9.80 Å². The van der Waals surface area contributed by atoms with E-state index in [2.05, 4.69) is 9.88 Å². The number of carbonyl (C=O) groups is 2. The summed E-state index contributed by atoms with van der Waals surface area (Å²) in [5.74, 6) is -0.121. The lowest BCUT2D eigenvalue weighted by Crippen LogP contribution is -2.29. The molecule has 0 unspecified atom stereocenters. The highest BCUT2D eigenvalue weighted by molar-refractivity contribution is 7.14. The van der Waals surface area contributed by atoms with Crippen molar-refractivity contribution in [3.05, 3.63) is 47.0 Å². The zero-order valence-corrected chi connectivity index (χ0v) is 16.0. The SMILES string of the molecule is CC(=O)N(C)c1nc(C=CC(=O)c2ccc(N3CCCCC3)cc2)cs1. The van der Waals surface area contributed by atoms with Gasteiger partial charge in [0.2, 0.25) is 5.91 Å². The number of aromatic nitrogens is 1. The summed E-state index contributed by atoms with van der Waals surface area (Å²) in [6.45, 7) is 3.68. The van der Waals surface area contributed by atoms with Crippen LogP contribution in [0, 0.1) is 0 Å². The van der Waals surface area contributed by atoms with Crippen LogP contribution in [-0.4, -0.2) is 36.8 Å². The van der Waals surface area contributed by atoms with E-state index in [9.17, 15) is 9.59 Å². The van der Waals surface area contributed by atoms with E-state index < -0.39 is 0 Å². The first-order chi connectivity index (χ1) is 12.5. The predicted octanol–water partition coefficient (Wildman–Crippen LogP) is 4.01. The molecular formula is C20H23N3O2S. The molecule has 1 amide bonds. The predicted molar refractivity (Wildman–Crippen MR) is 107 cm³/mol. The fraction of sp³-hybridized carbons (Fsp3) is 0.350. The molecule has 2 heterocycles. The minimum absolute atomic E-state index is 0.0512. The second-order valence-electron chi connectivity index (χ2n) is 6.43. The molecule has 0 N–H and O–H groups in total. The molecule has 1 aromatic carbocycles. The van der Waals surface area contributed by atoms with Crippen molar-refractivity contribution >= 4 is 39.9 Å². The molecule has 0 radical (unpaired) electrons. The van der Waals surface area contributed by atoms with Crippen LogP contribution in [0.25, 0.3) is 6.08 Å². The molecule has 0 saturated carbocycles. The van der Waals surface area contributed by atoms with Crippen molar-refractivity contribution in [3.63, 3.8) is 0 Å². The van der Waals surface area contributed by atoms with Crippen molar-refractivity contribution in [2.24, 2.45) is 0 Å². The van der Waals surface area contributed by atoms with E-state index in [1.165, 1.54) is 54.2 Å². The lowest BCUT2D eigenvalue weighted by atomic mass is 10.1. The Morgan fingerprint density at radius 1 is 1.15 bits per heavy atom. The molecule has 3 rings (SSSR count). The van der Waals surface area contributed by atoms with E-state index >= 15 is 0 Å². The van der Waals surface area contributed by atoms with Gasteiger partial charge in [-0.2, -0.15) is 0 Å². The second-order valence-corrected chi connectivity index (χ2v) is 7.26. The topological polar surface area (TPSA) is 53.5 Å². The van der Waals surface area contributed by atoms with Crippen molar-refractivity contribution in [2.75, 3.05) is 29.9 Å². The van der Waals surface area contributed by atoms with Crippen molar-refractivity contribution in [1.82, 2.24) is 4.98 Å². The number of piperidine rings is 1. The molecule has 0 atom stereocenters. The second kappa shape index (κ2) is 8.27. The Morgan fingerprint density at radius 3 is 2.50 bits per heavy atom. The highest BCUT2D eigenvalue weighted by Crippen LogP contribution is 2.22. The fourth-order valence-corrected chi connectivity index (χ4v) is 3.69. The monoisotopic (exact) mass is 369 g/mol. The first-order valence-electron chi connectivity index (χ1n) is 8.82. The lowest BCUT2D eigenvalue weighted by Gasteiger charge is -2.28. The molecule has 136 valence electrons. The van der Waals surface area contributed by atoms with Crippen LogP contribution in [0.15, 0.2) is 35.7 Å². The van der Waals surface area contributed by atoms with Gasteiger partial charge in [0, 0.05) is 43.7 Å². The number of hydrogen-bond acceptors (Lipinski definition) is 5. The molecule has 1 aliphatic heterocycles. The molecule has 0 spiro atoms. The van der Waals surface area contributed by atoms with Crippen LogP contribution in [0.1, 0.15) is 42.2 Å². The third kappa shape index (κ3) is 4.38. The van der Waals surface area contributed by atoms with Crippen LogP contribution in [0.5, 0.6) is 0 Å². The van der Waals surface area contributed by atoms with Crippen LogP contribution in [0.2, 0.25) is 0 Å². The average Bonchev–Trinajstić information content (AvgIpc) is 3.15. The molecule has 6 heteroatoms. The molecule has 0 aliphatic carbocycles. The molecule has 0 bridgehead atoms. The van der Waals surface area contributed by atoms with Crippen molar-refractivity contribution in [3.8, 4) is 0 Å². The summed E-state index contributed by atoms with van der Waals surface area (Å²) < 4.78 is 0. The number of anilines is 2. The zero-order valence-electron chi connectivity index (χ0n) is 15.1. The Kier molecular flexibility index (Phi) is 5.83. The number of allylic oxidation sites excluding steroid dienone is 1. The first kappa shape index (κ1) is 18.3. The summed E-state index contributed by atoms with van der Waals surface area (Å²) in [6.07, 6.45) is 6.99. The number of ketones is 1. The third-order valence-electron chi connectivity index (χ3n) is 4.55. The lowest BCUT2D eigenvalue weighted by molar-refractivity contribution is -0.116. The zero-order chi connectivity index (χ0) is 18.5. The van der Waals surface area contributed by atoms with Gasteiger partial charge >= 0.3 is 0 Å². The number of carbonyl (C=O) groups excluding carboxylic acids is 2. The molecule has 5 nitrogen and oxygen atoms in total. The molecule has 1 aromatic heterocycles. The van der Waals surface area contributed by atoms with Gasteiger partial charge in [-0.3, -0.25) is 14.5 Å². The maximum absolute atomic E-state index is 12.4. The van der Waals surface area contributed by atoms with Crippen molar-refractivity contribution in [2.45, 2.75) is 26.2 Å². The van der Waals surface area contributed by atoms with E-state index in [0.29, 0.717) is 16.4 Å². The summed E-state index contributed by atoms with van der Waals surface area (Å²) in [5.41, 5.74) is 2.52. The molecule has 26 heavy (non-hydrogen) atoms. The number of rotatable bonds is 5. The summed E-state index contributed by atoms with van der Waals surface area (Å²) in [6, 6.07) is 7.81. The van der Waals surface area contributed by atoms with Crippen LogP contribution in [0.4, 0.5) is 10.8 Å². The van der Waals surface area contributed by atoms with Gasteiger partial charge < -0.3 is 4.90 Å². The molecule has 1 aliphatic rings. The quantitative estimate of drug-likeness (QED) is 0.590. The normalized spacial score (nSPS) is 14.6. The Hall–Kier alpha value is -2.47. The number of hydrogen-bond donors (Lipinski definition) is 0. The average molecular weight is 369 g/mol. The first-order valence-corrected chi connectivity index (χ1v) is 9.70. The van der Waals surface area contributed by atoms with E-state index in [1.54, 1.807) is 13.1 Å². The van der Waals surface area contributed by atoms with Gasteiger partial charge in [0.15, 0.2) is 10.9 Å². The third-order valence-corrected chi connectivity index (χ3v) is 5.48. The van der Waals surface area contributed by atoms with Crippen molar-refractivity contribution < 1.29 is 9.59 Å². The Bertz CT molecular complexity index is 805. The summed E-state index contributed by atoms with van der Waals surface area (Å²) in [7, 11) is 1.68. The van der Waals surface area contributed by atoms with Gasteiger partial charge in [0.25, 0.3) is 0 Å². The fourth-order valence-electron chi connectivity index (χ4n) is 2.89. The minimum Gasteiger partial charge on any atom is -0.372 e. The molecule has 2 aromatic rings. The Morgan fingerprint density at radius 2 is 1.85 bits per heavy atom. The number of benzene rings is 1. The van der Waals surface area contributed by atoms with Crippen LogP contribution in [0.3, 0.4) is 0 Å². The summed E-state index contributed by atoms with van der Waals surface area (Å²) >= 11 is 1.38. The van der Waals surface area contributed by atoms with E-state index in [0.717, 1.165) is 13.1 Å². The van der Waals surface area contributed by atoms with Gasteiger partial charge in [-0.05, 0) is 55.7 Å². The highest BCUT2D eigenvalue weighted by atomic mass is 32.1. The highest BCUT2D eigenvalue weighted by Gasteiger charge is 2.12. The van der Waals surface area contributed by atoms with Gasteiger partial charge in [0.05, 0.1) is 5.69 Å². The maximum atomic E-state index is 12.4. The number of amides is 1. The molecule has 1 saturated heterocycles. The summed E-state index contributed by atoms with van der Waals surface area (Å²) in [5, 5.41) is 2.45.